The molecule has 0 aromatic heterocycles. The van der Waals surface area contributed by atoms with E-state index in [4.69, 9.17) is 4.74 Å². The number of hydrogen-bond acceptors (Lipinski definition) is 2. The molecule has 0 bridgehead atoms. The lowest BCUT2D eigenvalue weighted by atomic mass is 10.1. The summed E-state index contributed by atoms with van der Waals surface area (Å²) >= 11 is 3.53. The van der Waals surface area contributed by atoms with Crippen LogP contribution in [0.25, 0.3) is 0 Å². The summed E-state index contributed by atoms with van der Waals surface area (Å²) in [6, 6.07) is 11.4. The van der Waals surface area contributed by atoms with Crippen LogP contribution in [-0.4, -0.2) is 7.11 Å². The number of aryl methyl sites for hydroxylation is 1. The Labute approximate surface area is 133 Å². The predicted octanol–water partition coefficient (Wildman–Crippen LogP) is 4.76. The minimum Gasteiger partial charge on any atom is -0.494 e. The van der Waals surface area contributed by atoms with Gasteiger partial charge in [0.05, 0.1) is 7.11 Å². The van der Waals surface area contributed by atoms with Gasteiger partial charge in [-0.2, -0.15) is 0 Å². The largest absolute Gasteiger partial charge is 0.494 e. The molecule has 21 heavy (non-hydrogen) atoms. The zero-order chi connectivity index (χ0) is 15.4. The van der Waals surface area contributed by atoms with Gasteiger partial charge in [-0.15, -0.1) is 0 Å². The zero-order valence-corrected chi connectivity index (χ0v) is 14.0. The molecule has 0 aliphatic heterocycles. The van der Waals surface area contributed by atoms with Crippen molar-refractivity contribution >= 4 is 15.9 Å². The Hall–Kier alpha value is -1.39. The number of rotatable bonds is 5. The van der Waals surface area contributed by atoms with E-state index in [1.165, 1.54) is 24.3 Å². The van der Waals surface area contributed by atoms with E-state index in [2.05, 4.69) is 46.4 Å². The first-order valence-electron chi connectivity index (χ1n) is 6.83. The summed E-state index contributed by atoms with van der Waals surface area (Å²) < 4.78 is 19.7. The van der Waals surface area contributed by atoms with Gasteiger partial charge in [0.1, 0.15) is 0 Å². The lowest BCUT2D eigenvalue weighted by molar-refractivity contribution is 0.385. The average Bonchev–Trinajstić information content (AvgIpc) is 2.48. The molecular weight excluding hydrogens is 333 g/mol. The SMILES string of the molecule is COc1ccc(C(C)NCc2ccc(C)c(Br)c2)cc1F. The van der Waals surface area contributed by atoms with Crippen LogP contribution < -0.4 is 10.1 Å². The van der Waals surface area contributed by atoms with E-state index >= 15 is 0 Å². The maximum atomic E-state index is 13.7. The quantitative estimate of drug-likeness (QED) is 0.838. The molecule has 1 atom stereocenters. The molecule has 0 heterocycles. The zero-order valence-electron chi connectivity index (χ0n) is 12.4. The second-order valence-corrected chi connectivity index (χ2v) is 5.93. The first kappa shape index (κ1) is 16.0. The lowest BCUT2D eigenvalue weighted by Crippen LogP contribution is -2.18. The number of benzene rings is 2. The predicted molar refractivity (Wildman–Crippen MR) is 87.1 cm³/mol. The molecule has 2 nitrogen and oxygen atoms in total. The average molecular weight is 352 g/mol. The van der Waals surface area contributed by atoms with Crippen LogP contribution in [0.1, 0.15) is 29.7 Å². The summed E-state index contributed by atoms with van der Waals surface area (Å²) in [5.74, 6) is -0.0601. The molecule has 2 aromatic rings. The van der Waals surface area contributed by atoms with Crippen LogP contribution in [0.4, 0.5) is 4.39 Å². The summed E-state index contributed by atoms with van der Waals surface area (Å²) in [6.45, 7) is 4.81. The molecule has 0 saturated heterocycles. The monoisotopic (exact) mass is 351 g/mol. The first-order valence-corrected chi connectivity index (χ1v) is 7.62. The number of methoxy groups -OCH3 is 1. The number of hydrogen-bond donors (Lipinski definition) is 1. The maximum Gasteiger partial charge on any atom is 0.165 e. The van der Waals surface area contributed by atoms with Crippen molar-refractivity contribution < 1.29 is 9.13 Å². The molecule has 0 fully saturated rings. The van der Waals surface area contributed by atoms with Crippen molar-refractivity contribution in [2.75, 3.05) is 7.11 Å². The Balaban J connectivity index is 2.02. The van der Waals surface area contributed by atoms with E-state index in [1.54, 1.807) is 6.07 Å². The minimum atomic E-state index is -0.332. The smallest absolute Gasteiger partial charge is 0.165 e. The Morgan fingerprint density at radius 2 is 2.00 bits per heavy atom. The van der Waals surface area contributed by atoms with Crippen LogP contribution in [0.3, 0.4) is 0 Å². The van der Waals surface area contributed by atoms with Crippen LogP contribution in [-0.2, 0) is 6.54 Å². The van der Waals surface area contributed by atoms with Crippen LogP contribution in [0.2, 0.25) is 0 Å². The van der Waals surface area contributed by atoms with Crippen molar-refractivity contribution in [2.24, 2.45) is 0 Å². The van der Waals surface area contributed by atoms with Gasteiger partial charge in [0.2, 0.25) is 0 Å². The second-order valence-electron chi connectivity index (χ2n) is 5.08. The van der Waals surface area contributed by atoms with Crippen molar-refractivity contribution in [3.8, 4) is 5.75 Å². The molecule has 1 unspecified atom stereocenters. The highest BCUT2D eigenvalue weighted by Gasteiger charge is 2.09. The van der Waals surface area contributed by atoms with Crippen LogP contribution >= 0.6 is 15.9 Å². The Morgan fingerprint density at radius 3 is 2.62 bits per heavy atom. The molecule has 0 aliphatic rings. The highest BCUT2D eigenvalue weighted by atomic mass is 79.9. The fourth-order valence-electron chi connectivity index (χ4n) is 2.09. The third-order valence-electron chi connectivity index (χ3n) is 3.52. The molecule has 1 N–H and O–H groups in total. The molecule has 0 aliphatic carbocycles. The number of nitrogens with one attached hydrogen (secondary N) is 1. The maximum absolute atomic E-state index is 13.7. The Morgan fingerprint density at radius 1 is 1.24 bits per heavy atom. The van der Waals surface area contributed by atoms with Crippen LogP contribution in [0.15, 0.2) is 40.9 Å². The van der Waals surface area contributed by atoms with Gasteiger partial charge in [0, 0.05) is 17.1 Å². The van der Waals surface area contributed by atoms with Crippen molar-refractivity contribution in [2.45, 2.75) is 26.4 Å². The second kappa shape index (κ2) is 7.05. The van der Waals surface area contributed by atoms with Gasteiger partial charge in [-0.05, 0) is 48.7 Å². The van der Waals surface area contributed by atoms with Crippen LogP contribution in [0.5, 0.6) is 5.75 Å². The topological polar surface area (TPSA) is 21.3 Å². The summed E-state index contributed by atoms with van der Waals surface area (Å²) in [7, 11) is 1.47. The highest BCUT2D eigenvalue weighted by Crippen LogP contribution is 2.22. The van der Waals surface area contributed by atoms with Crippen molar-refractivity contribution in [3.63, 3.8) is 0 Å². The van der Waals surface area contributed by atoms with Crippen LogP contribution in [0, 0.1) is 12.7 Å². The first-order chi connectivity index (χ1) is 10.0. The Kier molecular flexibility index (Phi) is 5.37. The van der Waals surface area contributed by atoms with Gasteiger partial charge >= 0.3 is 0 Å². The van der Waals surface area contributed by atoms with Gasteiger partial charge in [-0.25, -0.2) is 4.39 Å². The van der Waals surface area contributed by atoms with Gasteiger partial charge in [0.25, 0.3) is 0 Å². The summed E-state index contributed by atoms with van der Waals surface area (Å²) in [6.07, 6.45) is 0. The summed E-state index contributed by atoms with van der Waals surface area (Å²) in [5.41, 5.74) is 3.30. The molecule has 112 valence electrons. The highest BCUT2D eigenvalue weighted by molar-refractivity contribution is 9.10. The van der Waals surface area contributed by atoms with Crippen molar-refractivity contribution in [3.05, 3.63) is 63.4 Å². The van der Waals surface area contributed by atoms with Gasteiger partial charge in [0.15, 0.2) is 11.6 Å². The lowest BCUT2D eigenvalue weighted by Gasteiger charge is -2.15. The molecule has 2 aromatic carbocycles. The number of ether oxygens (including phenoxy) is 1. The molecular formula is C17H19BrFNO. The van der Waals surface area contributed by atoms with E-state index in [0.717, 1.165) is 16.6 Å². The number of halogens is 2. The summed E-state index contributed by atoms with van der Waals surface area (Å²) in [5, 5.41) is 3.40. The molecule has 2 rings (SSSR count). The molecule has 4 heteroatoms. The molecule has 0 saturated carbocycles. The molecule has 0 radical (unpaired) electrons. The fourth-order valence-corrected chi connectivity index (χ4v) is 2.51. The normalized spacial score (nSPS) is 12.2. The third-order valence-corrected chi connectivity index (χ3v) is 4.38. The standard InChI is InChI=1S/C17H19BrFNO/c1-11-4-5-13(8-15(11)18)10-20-12(2)14-6-7-17(21-3)16(19)9-14/h4-9,12,20H,10H2,1-3H3. The van der Waals surface area contributed by atoms with Crippen molar-refractivity contribution in [1.29, 1.82) is 0 Å². The summed E-state index contributed by atoms with van der Waals surface area (Å²) in [4.78, 5) is 0. The van der Waals surface area contributed by atoms with Gasteiger partial charge in [-0.3, -0.25) is 0 Å². The van der Waals surface area contributed by atoms with E-state index in [1.807, 2.05) is 13.0 Å². The van der Waals surface area contributed by atoms with E-state index in [-0.39, 0.29) is 17.6 Å². The Bertz CT molecular complexity index is 630. The van der Waals surface area contributed by atoms with Gasteiger partial charge in [-0.1, -0.05) is 34.1 Å². The van der Waals surface area contributed by atoms with Crippen molar-refractivity contribution in [1.82, 2.24) is 5.32 Å². The third kappa shape index (κ3) is 4.05. The molecule has 0 amide bonds. The van der Waals surface area contributed by atoms with Gasteiger partial charge < -0.3 is 10.1 Å². The van der Waals surface area contributed by atoms with E-state index < -0.39 is 0 Å². The van der Waals surface area contributed by atoms with E-state index in [0.29, 0.717) is 0 Å². The van der Waals surface area contributed by atoms with E-state index in [9.17, 15) is 4.39 Å². The molecule has 0 spiro atoms. The fraction of sp³-hybridized carbons (Fsp3) is 0.294. The minimum absolute atomic E-state index is 0.0606.